The smallest absolute Gasteiger partial charge is 0.312 e. The molecule has 2 aromatic rings. The van der Waals surface area contributed by atoms with Gasteiger partial charge in [-0.05, 0) is 61.9 Å². The van der Waals surface area contributed by atoms with E-state index in [1.807, 2.05) is 25.3 Å². The van der Waals surface area contributed by atoms with Crippen LogP contribution in [0.4, 0.5) is 4.39 Å². The number of esters is 1. The molecule has 3 atom stereocenters. The van der Waals surface area contributed by atoms with E-state index in [-0.39, 0.29) is 23.3 Å². The first-order chi connectivity index (χ1) is 14.6. The molecule has 3 aliphatic rings. The summed E-state index contributed by atoms with van der Waals surface area (Å²) in [6, 6.07) is 7.56. The van der Waals surface area contributed by atoms with Crippen molar-refractivity contribution in [3.63, 3.8) is 0 Å². The minimum absolute atomic E-state index is 0.169. The summed E-state index contributed by atoms with van der Waals surface area (Å²) in [6.07, 6.45) is 7.46. The van der Waals surface area contributed by atoms with Gasteiger partial charge in [0.2, 0.25) is 0 Å². The lowest BCUT2D eigenvalue weighted by atomic mass is 9.79. The van der Waals surface area contributed by atoms with Crippen LogP contribution in [0.1, 0.15) is 43.7 Å². The molecule has 1 aromatic heterocycles. The van der Waals surface area contributed by atoms with E-state index in [1.165, 1.54) is 6.07 Å². The fourth-order valence-electron chi connectivity index (χ4n) is 5.68. The number of nitrogens with zero attached hydrogens (tertiary/aromatic N) is 3. The SMILES string of the molecule is CCOC(=O)C(CN1C2CCC1CC1(C2)OCc2ccc(F)cc21)Cn1cccn1. The second-order valence-electron chi connectivity index (χ2n) is 8.75. The molecule has 3 aliphatic heterocycles. The third-order valence-corrected chi connectivity index (χ3v) is 6.99. The highest BCUT2D eigenvalue weighted by molar-refractivity contribution is 5.72. The Hall–Kier alpha value is -2.25. The Kier molecular flexibility index (Phi) is 5.11. The van der Waals surface area contributed by atoms with Gasteiger partial charge in [0, 0.05) is 31.0 Å². The molecular weight excluding hydrogens is 385 g/mol. The number of hydrogen-bond donors (Lipinski definition) is 0. The summed E-state index contributed by atoms with van der Waals surface area (Å²) >= 11 is 0. The highest BCUT2D eigenvalue weighted by Crippen LogP contribution is 2.52. The van der Waals surface area contributed by atoms with Crippen molar-refractivity contribution >= 4 is 5.97 Å². The van der Waals surface area contributed by atoms with Gasteiger partial charge in [-0.15, -0.1) is 0 Å². The van der Waals surface area contributed by atoms with Gasteiger partial charge in [0.25, 0.3) is 0 Å². The van der Waals surface area contributed by atoms with Crippen LogP contribution in [0.5, 0.6) is 0 Å². The highest BCUT2D eigenvalue weighted by Gasteiger charge is 2.53. The Morgan fingerprint density at radius 3 is 2.83 bits per heavy atom. The normalized spacial score (nSPS) is 28.6. The summed E-state index contributed by atoms with van der Waals surface area (Å²) < 4.78 is 27.5. The number of ether oxygens (including phenoxy) is 2. The molecule has 0 aliphatic carbocycles. The van der Waals surface area contributed by atoms with Gasteiger partial charge in [-0.2, -0.15) is 5.10 Å². The first-order valence-electron chi connectivity index (χ1n) is 10.9. The molecule has 0 saturated carbocycles. The summed E-state index contributed by atoms with van der Waals surface area (Å²) in [6.45, 7) is 3.93. The van der Waals surface area contributed by atoms with Gasteiger partial charge in [-0.3, -0.25) is 14.4 Å². The number of aromatic nitrogens is 2. The zero-order valence-electron chi connectivity index (χ0n) is 17.3. The molecule has 0 radical (unpaired) electrons. The summed E-state index contributed by atoms with van der Waals surface area (Å²) in [5, 5.41) is 4.27. The first kappa shape index (κ1) is 19.7. The minimum Gasteiger partial charge on any atom is -0.466 e. The number of halogens is 1. The lowest BCUT2D eigenvalue weighted by Gasteiger charge is -2.45. The van der Waals surface area contributed by atoms with Crippen LogP contribution in [0.2, 0.25) is 0 Å². The maximum atomic E-state index is 14.0. The van der Waals surface area contributed by atoms with Crippen LogP contribution < -0.4 is 0 Å². The number of rotatable bonds is 6. The van der Waals surface area contributed by atoms with E-state index in [2.05, 4.69) is 10.00 Å². The quantitative estimate of drug-likeness (QED) is 0.681. The minimum atomic E-state index is -0.388. The monoisotopic (exact) mass is 413 g/mol. The largest absolute Gasteiger partial charge is 0.466 e. The van der Waals surface area contributed by atoms with E-state index in [0.29, 0.717) is 38.4 Å². The summed E-state index contributed by atoms with van der Waals surface area (Å²) in [5.74, 6) is -0.636. The standard InChI is InChI=1S/C23H28FN3O3/c1-2-29-22(28)17(13-26-9-3-8-25-26)14-27-19-6-7-20(27)12-23(11-19)21-10-18(24)5-4-16(21)15-30-23/h3-5,8-10,17,19-20H,2,6-7,11-15H2,1H3. The highest BCUT2D eigenvalue weighted by atomic mass is 19.1. The molecule has 1 aromatic carbocycles. The molecule has 0 N–H and O–H groups in total. The summed E-state index contributed by atoms with van der Waals surface area (Å²) in [5.41, 5.74) is 1.74. The van der Waals surface area contributed by atoms with Gasteiger partial charge in [0.15, 0.2) is 0 Å². The average molecular weight is 413 g/mol. The second kappa shape index (κ2) is 7.78. The Bertz CT molecular complexity index is 902. The van der Waals surface area contributed by atoms with Crippen LogP contribution in [0.15, 0.2) is 36.7 Å². The molecule has 3 unspecified atom stereocenters. The fraction of sp³-hybridized carbons (Fsp3) is 0.565. The Balaban J connectivity index is 1.35. The van der Waals surface area contributed by atoms with Gasteiger partial charge in [-0.25, -0.2) is 4.39 Å². The molecule has 6 nitrogen and oxygen atoms in total. The van der Waals surface area contributed by atoms with Gasteiger partial charge in [0.1, 0.15) is 5.82 Å². The van der Waals surface area contributed by atoms with Gasteiger partial charge in [0.05, 0.1) is 31.3 Å². The molecule has 0 amide bonds. The molecule has 2 bridgehead atoms. The molecule has 2 saturated heterocycles. The molecule has 30 heavy (non-hydrogen) atoms. The van der Waals surface area contributed by atoms with Crippen molar-refractivity contribution in [2.24, 2.45) is 5.92 Å². The zero-order valence-corrected chi connectivity index (χ0v) is 17.3. The van der Waals surface area contributed by atoms with E-state index in [1.54, 1.807) is 16.9 Å². The predicted octanol–water partition coefficient (Wildman–Crippen LogP) is 3.25. The van der Waals surface area contributed by atoms with Gasteiger partial charge >= 0.3 is 5.97 Å². The van der Waals surface area contributed by atoms with Crippen molar-refractivity contribution in [2.75, 3.05) is 13.2 Å². The van der Waals surface area contributed by atoms with E-state index in [9.17, 15) is 9.18 Å². The molecular formula is C23H28FN3O3. The number of fused-ring (bicyclic) bond motifs is 4. The maximum absolute atomic E-state index is 14.0. The van der Waals surface area contributed by atoms with Crippen LogP contribution in [0, 0.1) is 11.7 Å². The van der Waals surface area contributed by atoms with E-state index in [4.69, 9.17) is 9.47 Å². The van der Waals surface area contributed by atoms with Crippen molar-refractivity contribution in [3.05, 3.63) is 53.6 Å². The van der Waals surface area contributed by atoms with Crippen LogP contribution in [-0.2, 0) is 33.0 Å². The van der Waals surface area contributed by atoms with E-state index in [0.717, 1.165) is 36.8 Å². The summed E-state index contributed by atoms with van der Waals surface area (Å²) in [7, 11) is 0. The van der Waals surface area contributed by atoms with Crippen molar-refractivity contribution in [1.82, 2.24) is 14.7 Å². The summed E-state index contributed by atoms with van der Waals surface area (Å²) in [4.78, 5) is 15.1. The van der Waals surface area contributed by atoms with Crippen molar-refractivity contribution < 1.29 is 18.7 Å². The predicted molar refractivity (Wildman–Crippen MR) is 108 cm³/mol. The Morgan fingerprint density at radius 2 is 2.13 bits per heavy atom. The van der Waals surface area contributed by atoms with E-state index >= 15 is 0 Å². The van der Waals surface area contributed by atoms with Crippen molar-refractivity contribution in [2.45, 2.75) is 63.4 Å². The Morgan fingerprint density at radius 1 is 1.33 bits per heavy atom. The van der Waals surface area contributed by atoms with Crippen LogP contribution >= 0.6 is 0 Å². The zero-order chi connectivity index (χ0) is 20.7. The van der Waals surface area contributed by atoms with Crippen LogP contribution in [0.3, 0.4) is 0 Å². The average Bonchev–Trinajstić information content (AvgIpc) is 3.41. The number of piperidine rings is 1. The molecule has 5 rings (SSSR count). The number of carbonyl (C=O) groups is 1. The maximum Gasteiger partial charge on any atom is 0.312 e. The fourth-order valence-corrected chi connectivity index (χ4v) is 5.68. The molecule has 160 valence electrons. The van der Waals surface area contributed by atoms with Crippen LogP contribution in [-0.4, -0.2) is 45.9 Å². The van der Waals surface area contributed by atoms with Crippen molar-refractivity contribution in [1.29, 1.82) is 0 Å². The first-order valence-corrected chi connectivity index (χ1v) is 10.9. The van der Waals surface area contributed by atoms with Crippen molar-refractivity contribution in [3.8, 4) is 0 Å². The molecule has 4 heterocycles. The van der Waals surface area contributed by atoms with Gasteiger partial charge < -0.3 is 9.47 Å². The van der Waals surface area contributed by atoms with Crippen LogP contribution in [0.25, 0.3) is 0 Å². The number of carbonyl (C=O) groups excluding carboxylic acids is 1. The number of hydrogen-bond acceptors (Lipinski definition) is 5. The molecule has 1 spiro atoms. The third kappa shape index (κ3) is 3.44. The molecule has 7 heteroatoms. The van der Waals surface area contributed by atoms with E-state index < -0.39 is 0 Å². The topological polar surface area (TPSA) is 56.6 Å². The lowest BCUT2D eigenvalue weighted by molar-refractivity contribution is -0.151. The molecule has 2 fully saturated rings. The van der Waals surface area contributed by atoms with Gasteiger partial charge in [-0.1, -0.05) is 6.07 Å². The Labute approximate surface area is 176 Å². The second-order valence-corrected chi connectivity index (χ2v) is 8.75. The number of benzene rings is 1. The lowest BCUT2D eigenvalue weighted by Crippen LogP contribution is -2.52. The third-order valence-electron chi connectivity index (χ3n) is 6.99.